The number of rotatable bonds is 5. The van der Waals surface area contributed by atoms with Crippen molar-refractivity contribution in [2.45, 2.75) is 24.7 Å². The number of carbonyl (C=O) groups excluding carboxylic acids is 2. The minimum absolute atomic E-state index is 0.000360. The molecule has 0 bridgehead atoms. The van der Waals surface area contributed by atoms with Gasteiger partial charge in [0.1, 0.15) is 5.82 Å². The summed E-state index contributed by atoms with van der Waals surface area (Å²) >= 11 is 0. The van der Waals surface area contributed by atoms with Gasteiger partial charge in [-0.2, -0.15) is 4.31 Å². The lowest BCUT2D eigenvalue weighted by Gasteiger charge is -2.30. The summed E-state index contributed by atoms with van der Waals surface area (Å²) in [5, 5.41) is 2.79. The van der Waals surface area contributed by atoms with E-state index in [1.807, 2.05) is 13.0 Å². The number of nitrogens with zero attached hydrogens (tertiary/aromatic N) is 2. The molecule has 0 saturated carbocycles. The van der Waals surface area contributed by atoms with E-state index < -0.39 is 16.0 Å². The topological polar surface area (TPSA) is 106 Å². The lowest BCUT2D eigenvalue weighted by Crippen LogP contribution is -2.41. The summed E-state index contributed by atoms with van der Waals surface area (Å²) in [7, 11) is -2.67. The largest absolute Gasteiger partial charge is 0.465 e. The van der Waals surface area contributed by atoms with Crippen molar-refractivity contribution in [1.29, 1.82) is 0 Å². The number of aromatic nitrogens is 1. The van der Waals surface area contributed by atoms with Crippen molar-refractivity contribution in [2.75, 3.05) is 25.5 Å². The third-order valence-corrected chi connectivity index (χ3v) is 6.86. The van der Waals surface area contributed by atoms with Crippen LogP contribution in [0.1, 0.15) is 28.8 Å². The molecule has 0 aliphatic carbocycles. The molecule has 0 atom stereocenters. The first-order valence-electron chi connectivity index (χ1n) is 9.24. The number of benzene rings is 1. The van der Waals surface area contributed by atoms with Gasteiger partial charge in [-0.3, -0.25) is 4.79 Å². The maximum Gasteiger partial charge on any atom is 0.339 e. The van der Waals surface area contributed by atoms with Gasteiger partial charge in [-0.15, -0.1) is 0 Å². The molecule has 0 spiro atoms. The average molecular weight is 417 g/mol. The van der Waals surface area contributed by atoms with Gasteiger partial charge in [-0.1, -0.05) is 12.1 Å². The van der Waals surface area contributed by atoms with Gasteiger partial charge in [0.15, 0.2) is 0 Å². The molecule has 2 heterocycles. The standard InChI is InChI=1S/C20H23N3O5S/c1-14-7-10-21-18(13-14)22-19(24)15-8-11-23(12-9-15)29(26,27)17-6-4-3-5-16(17)20(25)28-2/h3-7,10,13,15H,8-9,11-12H2,1-2H3,(H,21,22,24). The molecule has 1 aromatic carbocycles. The molecule has 1 amide bonds. The number of carbonyl (C=O) groups is 2. The fraction of sp³-hybridized carbons (Fsp3) is 0.350. The molecule has 1 aromatic heterocycles. The Balaban J connectivity index is 1.69. The predicted molar refractivity (Wildman–Crippen MR) is 107 cm³/mol. The van der Waals surface area contributed by atoms with Crippen molar-refractivity contribution < 1.29 is 22.7 Å². The highest BCUT2D eigenvalue weighted by atomic mass is 32.2. The molecule has 0 radical (unpaired) electrons. The van der Waals surface area contributed by atoms with Crippen LogP contribution in [0.4, 0.5) is 5.82 Å². The lowest BCUT2D eigenvalue weighted by atomic mass is 9.97. The van der Waals surface area contributed by atoms with Crippen LogP contribution in [0.3, 0.4) is 0 Å². The fourth-order valence-electron chi connectivity index (χ4n) is 3.30. The van der Waals surface area contributed by atoms with Crippen LogP contribution in [0.15, 0.2) is 47.5 Å². The number of aryl methyl sites for hydroxylation is 1. The Morgan fingerprint density at radius 3 is 2.52 bits per heavy atom. The number of pyridine rings is 1. The van der Waals surface area contributed by atoms with Crippen LogP contribution in [0, 0.1) is 12.8 Å². The highest BCUT2D eigenvalue weighted by Gasteiger charge is 2.34. The zero-order chi connectivity index (χ0) is 21.0. The molecule has 1 N–H and O–H groups in total. The maximum atomic E-state index is 13.0. The Morgan fingerprint density at radius 1 is 1.17 bits per heavy atom. The first kappa shape index (κ1) is 20.9. The van der Waals surface area contributed by atoms with Crippen LogP contribution in [0.25, 0.3) is 0 Å². The SMILES string of the molecule is COC(=O)c1ccccc1S(=O)(=O)N1CCC(C(=O)Nc2cc(C)ccn2)CC1. The summed E-state index contributed by atoms with van der Waals surface area (Å²) in [5.74, 6) is -0.698. The zero-order valence-corrected chi connectivity index (χ0v) is 17.1. The molecule has 1 aliphatic heterocycles. The molecule has 0 unspecified atom stereocenters. The monoisotopic (exact) mass is 417 g/mol. The Morgan fingerprint density at radius 2 is 1.86 bits per heavy atom. The minimum atomic E-state index is -3.87. The van der Waals surface area contributed by atoms with E-state index in [0.717, 1.165) is 5.56 Å². The zero-order valence-electron chi connectivity index (χ0n) is 16.3. The summed E-state index contributed by atoms with van der Waals surface area (Å²) in [6.07, 6.45) is 2.40. The summed E-state index contributed by atoms with van der Waals surface area (Å²) in [4.78, 5) is 28.5. The van der Waals surface area contributed by atoms with Crippen LogP contribution in [-0.2, 0) is 19.6 Å². The van der Waals surface area contributed by atoms with Gasteiger partial charge in [-0.25, -0.2) is 18.2 Å². The second-order valence-electron chi connectivity index (χ2n) is 6.87. The number of piperidine rings is 1. The van der Waals surface area contributed by atoms with Crippen molar-refractivity contribution >= 4 is 27.7 Å². The van der Waals surface area contributed by atoms with Gasteiger partial charge in [0.2, 0.25) is 15.9 Å². The molecule has 1 saturated heterocycles. The maximum absolute atomic E-state index is 13.0. The number of nitrogens with one attached hydrogen (secondary N) is 1. The highest BCUT2D eigenvalue weighted by Crippen LogP contribution is 2.27. The predicted octanol–water partition coefficient (Wildman–Crippen LogP) is 2.22. The number of sulfonamides is 1. The molecule has 2 aromatic rings. The molecular weight excluding hydrogens is 394 g/mol. The number of methoxy groups -OCH3 is 1. The van der Waals surface area contributed by atoms with E-state index in [2.05, 4.69) is 10.3 Å². The van der Waals surface area contributed by atoms with E-state index in [-0.39, 0.29) is 35.4 Å². The molecule has 3 rings (SSSR count). The van der Waals surface area contributed by atoms with Crippen molar-refractivity contribution in [1.82, 2.24) is 9.29 Å². The van der Waals surface area contributed by atoms with Gasteiger partial charge in [0.25, 0.3) is 0 Å². The van der Waals surface area contributed by atoms with Gasteiger partial charge in [-0.05, 0) is 49.6 Å². The third-order valence-electron chi connectivity index (χ3n) is 4.90. The van der Waals surface area contributed by atoms with Crippen LogP contribution >= 0.6 is 0 Å². The van der Waals surface area contributed by atoms with Gasteiger partial charge >= 0.3 is 5.97 Å². The van der Waals surface area contributed by atoms with E-state index in [1.54, 1.807) is 24.4 Å². The quantitative estimate of drug-likeness (QED) is 0.748. The van der Waals surface area contributed by atoms with Crippen LogP contribution in [0.5, 0.6) is 0 Å². The summed E-state index contributed by atoms with van der Waals surface area (Å²) < 4.78 is 32.1. The molecule has 1 fully saturated rings. The normalized spacial score (nSPS) is 15.7. The van der Waals surface area contributed by atoms with E-state index in [1.165, 1.54) is 23.5 Å². The number of hydrogen-bond donors (Lipinski definition) is 1. The summed E-state index contributed by atoms with van der Waals surface area (Å²) in [6, 6.07) is 9.58. The van der Waals surface area contributed by atoms with Crippen molar-refractivity contribution in [3.63, 3.8) is 0 Å². The van der Waals surface area contributed by atoms with Gasteiger partial charge in [0, 0.05) is 25.2 Å². The Kier molecular flexibility index (Phi) is 6.29. The fourth-order valence-corrected chi connectivity index (χ4v) is 4.95. The molecule has 1 aliphatic rings. The van der Waals surface area contributed by atoms with Crippen LogP contribution < -0.4 is 5.32 Å². The first-order valence-corrected chi connectivity index (χ1v) is 10.7. The third kappa shape index (κ3) is 4.63. The second kappa shape index (κ2) is 8.71. The number of hydrogen-bond acceptors (Lipinski definition) is 6. The molecular formula is C20H23N3O5S. The molecule has 8 nitrogen and oxygen atoms in total. The van der Waals surface area contributed by atoms with Gasteiger partial charge in [0.05, 0.1) is 17.6 Å². The van der Waals surface area contributed by atoms with Crippen molar-refractivity contribution in [3.05, 3.63) is 53.7 Å². The van der Waals surface area contributed by atoms with E-state index in [0.29, 0.717) is 18.7 Å². The smallest absolute Gasteiger partial charge is 0.339 e. The molecule has 9 heteroatoms. The Hall–Kier alpha value is -2.78. The van der Waals surface area contributed by atoms with E-state index in [4.69, 9.17) is 4.74 Å². The Labute approximate surface area is 169 Å². The van der Waals surface area contributed by atoms with Crippen molar-refractivity contribution in [3.8, 4) is 0 Å². The van der Waals surface area contributed by atoms with Crippen LogP contribution in [-0.4, -0.2) is 49.8 Å². The van der Waals surface area contributed by atoms with Gasteiger partial charge < -0.3 is 10.1 Å². The van der Waals surface area contributed by atoms with Crippen molar-refractivity contribution in [2.24, 2.45) is 5.92 Å². The Bertz CT molecular complexity index is 1010. The highest BCUT2D eigenvalue weighted by molar-refractivity contribution is 7.89. The van der Waals surface area contributed by atoms with E-state index >= 15 is 0 Å². The minimum Gasteiger partial charge on any atom is -0.465 e. The number of amides is 1. The summed E-state index contributed by atoms with van der Waals surface area (Å²) in [5.41, 5.74) is 0.987. The number of ether oxygens (including phenoxy) is 1. The second-order valence-corrected chi connectivity index (χ2v) is 8.78. The molecule has 154 valence electrons. The van der Waals surface area contributed by atoms with Crippen LogP contribution in [0.2, 0.25) is 0 Å². The van der Waals surface area contributed by atoms with E-state index in [9.17, 15) is 18.0 Å². The lowest BCUT2D eigenvalue weighted by molar-refractivity contribution is -0.120. The number of esters is 1. The summed E-state index contributed by atoms with van der Waals surface area (Å²) in [6.45, 7) is 2.29. The first-order chi connectivity index (χ1) is 13.8. The molecule has 29 heavy (non-hydrogen) atoms. The number of anilines is 1. The average Bonchev–Trinajstić information content (AvgIpc) is 2.73.